The van der Waals surface area contributed by atoms with E-state index < -0.39 is 0 Å². The maximum atomic E-state index is 12.5. The molecule has 1 atom stereocenters. The fourth-order valence-corrected chi connectivity index (χ4v) is 4.10. The lowest BCUT2D eigenvalue weighted by atomic mass is 10.0. The van der Waals surface area contributed by atoms with Gasteiger partial charge in [-0.1, -0.05) is 48.5 Å². The number of benzene rings is 2. The number of ether oxygens (including phenoxy) is 1. The van der Waals surface area contributed by atoms with Gasteiger partial charge in [-0.15, -0.1) is 0 Å². The molecule has 1 saturated heterocycles. The van der Waals surface area contributed by atoms with Crippen LogP contribution in [0.25, 0.3) is 10.9 Å². The number of para-hydroxylation sites is 1. The molecule has 0 saturated carbocycles. The summed E-state index contributed by atoms with van der Waals surface area (Å²) in [5, 5.41) is 4.42. The van der Waals surface area contributed by atoms with Crippen molar-refractivity contribution in [1.82, 2.24) is 15.2 Å². The lowest BCUT2D eigenvalue weighted by Gasteiger charge is -2.35. The maximum absolute atomic E-state index is 12.5. The highest BCUT2D eigenvalue weighted by molar-refractivity contribution is 5.83. The quantitative estimate of drug-likeness (QED) is 0.616. The van der Waals surface area contributed by atoms with Gasteiger partial charge in [0.25, 0.3) is 0 Å². The number of carbonyl (C=O) groups excluding carboxylic acids is 1. The number of rotatable bonds is 8. The number of fused-ring (bicyclic) bond motifs is 1. The highest BCUT2D eigenvalue weighted by Gasteiger charge is 2.23. The number of amides is 1. The molecule has 0 spiro atoms. The number of nitrogens with one attached hydrogen (secondary N) is 2. The van der Waals surface area contributed by atoms with Gasteiger partial charge in [-0.3, -0.25) is 9.69 Å². The van der Waals surface area contributed by atoms with Crippen LogP contribution in [0.2, 0.25) is 0 Å². The lowest BCUT2D eigenvalue weighted by Crippen LogP contribution is -2.43. The van der Waals surface area contributed by atoms with Crippen LogP contribution in [0, 0.1) is 0 Å². The molecule has 1 aliphatic heterocycles. The van der Waals surface area contributed by atoms with Crippen LogP contribution >= 0.6 is 0 Å². The number of nitrogens with zero attached hydrogens (tertiary/aromatic N) is 1. The number of aromatic nitrogens is 1. The second-order valence-electron chi connectivity index (χ2n) is 7.59. The number of hydrogen-bond donors (Lipinski definition) is 2. The Kier molecular flexibility index (Phi) is 6.60. The molecule has 29 heavy (non-hydrogen) atoms. The Bertz CT molecular complexity index is 916. The molecule has 3 aromatic rings. The van der Waals surface area contributed by atoms with Gasteiger partial charge in [0.2, 0.25) is 5.91 Å². The molecule has 152 valence electrons. The molecule has 2 N–H and O–H groups in total. The zero-order valence-electron chi connectivity index (χ0n) is 16.8. The zero-order chi connectivity index (χ0) is 19.9. The first-order valence-electron chi connectivity index (χ1n) is 10.5. The molecular weight excluding hydrogens is 362 g/mol. The summed E-state index contributed by atoms with van der Waals surface area (Å²) in [5.41, 5.74) is 3.68. The van der Waals surface area contributed by atoms with Crippen molar-refractivity contribution in [3.05, 3.63) is 71.9 Å². The molecule has 0 radical (unpaired) electrons. The van der Waals surface area contributed by atoms with Crippen LogP contribution in [0.1, 0.15) is 30.0 Å². The molecule has 5 nitrogen and oxygen atoms in total. The van der Waals surface area contributed by atoms with E-state index in [1.165, 1.54) is 16.5 Å². The van der Waals surface area contributed by atoms with Gasteiger partial charge < -0.3 is 15.0 Å². The highest BCUT2D eigenvalue weighted by Crippen LogP contribution is 2.22. The third-order valence-corrected chi connectivity index (χ3v) is 5.69. The van der Waals surface area contributed by atoms with Crippen LogP contribution in [-0.4, -0.2) is 48.6 Å². The number of aromatic amines is 1. The summed E-state index contributed by atoms with van der Waals surface area (Å²) >= 11 is 0. The topological polar surface area (TPSA) is 57.4 Å². The molecule has 0 aliphatic carbocycles. The van der Waals surface area contributed by atoms with Gasteiger partial charge in [-0.05, 0) is 30.0 Å². The first kappa shape index (κ1) is 19.7. The fourth-order valence-electron chi connectivity index (χ4n) is 4.10. The number of hydrogen-bond acceptors (Lipinski definition) is 3. The van der Waals surface area contributed by atoms with Crippen molar-refractivity contribution in [2.24, 2.45) is 0 Å². The Labute approximate surface area is 172 Å². The molecule has 4 rings (SSSR count). The number of carbonyl (C=O) groups is 1. The predicted molar refractivity (Wildman–Crippen MR) is 116 cm³/mol. The van der Waals surface area contributed by atoms with Crippen molar-refractivity contribution in [3.8, 4) is 0 Å². The number of H-pyrrole nitrogens is 1. The van der Waals surface area contributed by atoms with E-state index in [1.807, 2.05) is 12.1 Å². The van der Waals surface area contributed by atoms with E-state index in [9.17, 15) is 4.79 Å². The summed E-state index contributed by atoms with van der Waals surface area (Å²) in [6.07, 6.45) is 4.36. The van der Waals surface area contributed by atoms with Gasteiger partial charge in [0, 0.05) is 43.2 Å². The smallest absolute Gasteiger partial charge is 0.220 e. The Balaban J connectivity index is 1.29. The monoisotopic (exact) mass is 391 g/mol. The third-order valence-electron chi connectivity index (χ3n) is 5.69. The standard InChI is InChI=1S/C24H29N3O2/c28-24(12-6-9-20-17-25-22-11-5-4-10-21(20)22)26-18-23(19-7-2-1-3-8-19)27-13-15-29-16-14-27/h1-5,7-8,10-11,17,23,25H,6,9,12-16,18H2,(H,26,28). The molecule has 1 amide bonds. The summed E-state index contributed by atoms with van der Waals surface area (Å²) in [6.45, 7) is 3.94. The average Bonchev–Trinajstić information content (AvgIpc) is 3.19. The van der Waals surface area contributed by atoms with Crippen LogP contribution < -0.4 is 5.32 Å². The Morgan fingerprint density at radius 1 is 1.07 bits per heavy atom. The molecular formula is C24H29N3O2. The molecule has 2 aromatic carbocycles. The van der Waals surface area contributed by atoms with Crippen molar-refractivity contribution in [2.45, 2.75) is 25.3 Å². The maximum Gasteiger partial charge on any atom is 0.220 e. The second-order valence-corrected chi connectivity index (χ2v) is 7.59. The van der Waals surface area contributed by atoms with E-state index in [4.69, 9.17) is 4.74 Å². The van der Waals surface area contributed by atoms with Crippen molar-refractivity contribution >= 4 is 16.8 Å². The van der Waals surface area contributed by atoms with Crippen LogP contribution in [0.4, 0.5) is 0 Å². The summed E-state index contributed by atoms with van der Waals surface area (Å²) in [7, 11) is 0. The van der Waals surface area contributed by atoms with Gasteiger partial charge in [0.1, 0.15) is 0 Å². The minimum atomic E-state index is 0.124. The van der Waals surface area contributed by atoms with Crippen molar-refractivity contribution < 1.29 is 9.53 Å². The Morgan fingerprint density at radius 3 is 2.66 bits per heavy atom. The van der Waals surface area contributed by atoms with Crippen LogP contribution in [0.5, 0.6) is 0 Å². The minimum absolute atomic E-state index is 0.124. The number of morpholine rings is 1. The SMILES string of the molecule is O=C(CCCc1c[nH]c2ccccc12)NCC(c1ccccc1)N1CCOCC1. The summed E-state index contributed by atoms with van der Waals surface area (Å²) in [6, 6.07) is 18.9. The van der Waals surface area contributed by atoms with Gasteiger partial charge in [0.15, 0.2) is 0 Å². The van der Waals surface area contributed by atoms with E-state index in [0.29, 0.717) is 13.0 Å². The Morgan fingerprint density at radius 2 is 1.83 bits per heavy atom. The lowest BCUT2D eigenvalue weighted by molar-refractivity contribution is -0.121. The van der Waals surface area contributed by atoms with Crippen molar-refractivity contribution in [2.75, 3.05) is 32.8 Å². The largest absolute Gasteiger partial charge is 0.379 e. The predicted octanol–water partition coefficient (Wildman–Crippen LogP) is 3.68. The van der Waals surface area contributed by atoms with Crippen LogP contribution in [0.15, 0.2) is 60.8 Å². The summed E-state index contributed by atoms with van der Waals surface area (Å²) in [5.74, 6) is 0.124. The third kappa shape index (κ3) is 5.05. The van der Waals surface area contributed by atoms with Crippen molar-refractivity contribution in [1.29, 1.82) is 0 Å². The van der Waals surface area contributed by atoms with Gasteiger partial charge >= 0.3 is 0 Å². The van der Waals surface area contributed by atoms with Gasteiger partial charge in [-0.25, -0.2) is 0 Å². The van der Waals surface area contributed by atoms with Gasteiger partial charge in [-0.2, -0.15) is 0 Å². The zero-order valence-corrected chi connectivity index (χ0v) is 16.8. The minimum Gasteiger partial charge on any atom is -0.379 e. The van der Waals surface area contributed by atoms with Crippen molar-refractivity contribution in [3.63, 3.8) is 0 Å². The molecule has 1 aliphatic rings. The van der Waals surface area contributed by atoms with E-state index in [2.05, 4.69) is 63.9 Å². The van der Waals surface area contributed by atoms with E-state index in [-0.39, 0.29) is 11.9 Å². The van der Waals surface area contributed by atoms with E-state index in [0.717, 1.165) is 44.7 Å². The van der Waals surface area contributed by atoms with E-state index in [1.54, 1.807) is 0 Å². The normalized spacial score (nSPS) is 16.0. The second kappa shape index (κ2) is 9.72. The number of aryl methyl sites for hydroxylation is 1. The molecule has 5 heteroatoms. The average molecular weight is 392 g/mol. The summed E-state index contributed by atoms with van der Waals surface area (Å²) in [4.78, 5) is 18.2. The first-order chi connectivity index (χ1) is 14.3. The molecule has 0 bridgehead atoms. The first-order valence-corrected chi connectivity index (χ1v) is 10.5. The highest BCUT2D eigenvalue weighted by atomic mass is 16.5. The molecule has 1 unspecified atom stereocenters. The van der Waals surface area contributed by atoms with Crippen LogP contribution in [-0.2, 0) is 16.0 Å². The fraction of sp³-hybridized carbons (Fsp3) is 0.375. The molecule has 2 heterocycles. The molecule has 1 aromatic heterocycles. The molecule has 1 fully saturated rings. The van der Waals surface area contributed by atoms with Gasteiger partial charge in [0.05, 0.1) is 19.3 Å². The summed E-state index contributed by atoms with van der Waals surface area (Å²) < 4.78 is 5.50. The van der Waals surface area contributed by atoms with E-state index >= 15 is 0 Å². The Hall–Kier alpha value is -2.63. The van der Waals surface area contributed by atoms with Crippen LogP contribution in [0.3, 0.4) is 0 Å².